The van der Waals surface area contributed by atoms with Crippen molar-refractivity contribution in [3.63, 3.8) is 0 Å². The summed E-state index contributed by atoms with van der Waals surface area (Å²) < 4.78 is 5.66. The number of hydrogen-bond donors (Lipinski definition) is 1. The van der Waals surface area contributed by atoms with Gasteiger partial charge in [0.05, 0.1) is 12.7 Å². The van der Waals surface area contributed by atoms with Crippen molar-refractivity contribution >= 4 is 11.7 Å². The molecule has 1 amide bonds. The van der Waals surface area contributed by atoms with Gasteiger partial charge in [-0.3, -0.25) is 9.78 Å². The van der Waals surface area contributed by atoms with E-state index in [-0.39, 0.29) is 5.91 Å². The lowest BCUT2D eigenvalue weighted by Gasteiger charge is -2.32. The summed E-state index contributed by atoms with van der Waals surface area (Å²) in [7, 11) is 3.68. The molecule has 3 aromatic rings. The van der Waals surface area contributed by atoms with E-state index in [0.717, 1.165) is 60.5 Å². The number of ether oxygens (including phenoxy) is 1. The number of methoxy groups -OCH3 is 1. The molecule has 1 aliphatic heterocycles. The lowest BCUT2D eigenvalue weighted by atomic mass is 9.92. The number of carbonyl (C=O) groups is 1. The third-order valence-corrected chi connectivity index (χ3v) is 5.97. The molecule has 0 unspecified atom stereocenters. The minimum Gasteiger partial charge on any atom is -0.496 e. The molecule has 4 rings (SSSR count). The minimum atomic E-state index is 0.00781. The Labute approximate surface area is 188 Å². The van der Waals surface area contributed by atoms with Crippen molar-refractivity contribution in [2.75, 3.05) is 46.1 Å². The van der Waals surface area contributed by atoms with Crippen molar-refractivity contribution < 1.29 is 9.53 Å². The fourth-order valence-electron chi connectivity index (χ4n) is 4.10. The molecule has 0 radical (unpaired) electrons. The van der Waals surface area contributed by atoms with E-state index in [9.17, 15) is 4.79 Å². The number of anilines is 1. The number of aromatic nitrogens is 2. The second kappa shape index (κ2) is 9.36. The summed E-state index contributed by atoms with van der Waals surface area (Å²) in [6.45, 7) is 5.28. The van der Waals surface area contributed by atoms with E-state index in [4.69, 9.17) is 10.5 Å². The zero-order chi connectivity index (χ0) is 22.7. The van der Waals surface area contributed by atoms with Crippen LogP contribution in [-0.2, 0) is 6.42 Å². The van der Waals surface area contributed by atoms with Crippen LogP contribution in [0.4, 0.5) is 5.82 Å². The number of nitrogen functional groups attached to an aromatic ring is 1. The zero-order valence-electron chi connectivity index (χ0n) is 18.8. The Kier molecular flexibility index (Phi) is 6.37. The number of benzene rings is 1. The van der Waals surface area contributed by atoms with Crippen molar-refractivity contribution in [2.24, 2.45) is 0 Å². The van der Waals surface area contributed by atoms with Crippen molar-refractivity contribution in [1.82, 2.24) is 19.8 Å². The molecule has 0 saturated carbocycles. The quantitative estimate of drug-likeness (QED) is 0.667. The topological polar surface area (TPSA) is 84.6 Å². The zero-order valence-corrected chi connectivity index (χ0v) is 18.8. The minimum absolute atomic E-state index is 0.00781. The van der Waals surface area contributed by atoms with E-state index in [1.165, 1.54) is 0 Å². The van der Waals surface area contributed by atoms with Crippen LogP contribution in [0.3, 0.4) is 0 Å². The van der Waals surface area contributed by atoms with Gasteiger partial charge in [-0.2, -0.15) is 0 Å². The highest BCUT2D eigenvalue weighted by Gasteiger charge is 2.24. The number of rotatable bonds is 5. The second-order valence-electron chi connectivity index (χ2n) is 8.02. The van der Waals surface area contributed by atoms with Gasteiger partial charge in [-0.25, -0.2) is 4.98 Å². The van der Waals surface area contributed by atoms with E-state index < -0.39 is 0 Å². The van der Waals surface area contributed by atoms with Crippen LogP contribution in [0.2, 0.25) is 0 Å². The Bertz CT molecular complexity index is 1110. The van der Waals surface area contributed by atoms with Gasteiger partial charge < -0.3 is 20.3 Å². The molecule has 3 heterocycles. The Balaban J connectivity index is 1.75. The normalized spacial score (nSPS) is 14.4. The number of carbonyl (C=O) groups excluding carboxylic acids is 1. The first-order valence-electron chi connectivity index (χ1n) is 10.9. The third-order valence-electron chi connectivity index (χ3n) is 5.97. The van der Waals surface area contributed by atoms with E-state index >= 15 is 0 Å². The van der Waals surface area contributed by atoms with Crippen LogP contribution in [0.15, 0.2) is 48.8 Å². The van der Waals surface area contributed by atoms with Gasteiger partial charge in [-0.15, -0.1) is 0 Å². The van der Waals surface area contributed by atoms with E-state index in [0.29, 0.717) is 17.1 Å². The second-order valence-corrected chi connectivity index (χ2v) is 8.02. The molecule has 7 heteroatoms. The molecule has 2 N–H and O–H groups in total. The number of amides is 1. The number of piperazine rings is 1. The van der Waals surface area contributed by atoms with Crippen molar-refractivity contribution in [3.05, 3.63) is 60.0 Å². The maximum atomic E-state index is 13.2. The van der Waals surface area contributed by atoms with Crippen LogP contribution in [0.25, 0.3) is 22.3 Å². The SMILES string of the molecule is CCc1nccc(-c2ccc(C(=O)N3CCN(C)CC3)c(OC)c2)c1-c1ccc(N)nc1. The third kappa shape index (κ3) is 4.29. The van der Waals surface area contributed by atoms with Gasteiger partial charge >= 0.3 is 0 Å². The van der Waals surface area contributed by atoms with Crippen LogP contribution in [0.5, 0.6) is 5.75 Å². The Hall–Kier alpha value is -3.45. The van der Waals surface area contributed by atoms with Gasteiger partial charge in [0, 0.05) is 55.4 Å². The van der Waals surface area contributed by atoms with Crippen LogP contribution in [-0.4, -0.2) is 66.0 Å². The Morgan fingerprint density at radius 2 is 1.81 bits per heavy atom. The van der Waals surface area contributed by atoms with Crippen LogP contribution < -0.4 is 10.5 Å². The Morgan fingerprint density at radius 3 is 2.47 bits per heavy atom. The average molecular weight is 432 g/mol. The largest absolute Gasteiger partial charge is 0.496 e. The van der Waals surface area contributed by atoms with Gasteiger partial charge in [-0.05, 0) is 54.9 Å². The van der Waals surface area contributed by atoms with Gasteiger partial charge in [0.15, 0.2) is 0 Å². The number of hydrogen-bond acceptors (Lipinski definition) is 6. The van der Waals surface area contributed by atoms with E-state index in [1.807, 2.05) is 41.4 Å². The number of pyridine rings is 2. The lowest BCUT2D eigenvalue weighted by Crippen LogP contribution is -2.47. The van der Waals surface area contributed by atoms with Gasteiger partial charge in [0.2, 0.25) is 0 Å². The van der Waals surface area contributed by atoms with Gasteiger partial charge in [-0.1, -0.05) is 13.0 Å². The summed E-state index contributed by atoms with van der Waals surface area (Å²) in [5, 5.41) is 0. The van der Waals surface area contributed by atoms with Crippen LogP contribution in [0.1, 0.15) is 23.0 Å². The summed E-state index contributed by atoms with van der Waals surface area (Å²) >= 11 is 0. The number of nitrogens with zero attached hydrogens (tertiary/aromatic N) is 4. The summed E-state index contributed by atoms with van der Waals surface area (Å²) in [5.74, 6) is 1.06. The maximum absolute atomic E-state index is 13.2. The summed E-state index contributed by atoms with van der Waals surface area (Å²) in [5.41, 5.74) is 11.3. The molecule has 7 nitrogen and oxygen atoms in total. The highest BCUT2D eigenvalue weighted by atomic mass is 16.5. The first-order valence-corrected chi connectivity index (χ1v) is 10.9. The Morgan fingerprint density at radius 1 is 1.06 bits per heavy atom. The molecule has 1 saturated heterocycles. The molecule has 1 aromatic carbocycles. The summed E-state index contributed by atoms with van der Waals surface area (Å²) in [6, 6.07) is 11.5. The van der Waals surface area contributed by atoms with Crippen LogP contribution in [0, 0.1) is 0 Å². The molecule has 1 aliphatic rings. The number of aryl methyl sites for hydroxylation is 1. The summed E-state index contributed by atoms with van der Waals surface area (Å²) in [6.07, 6.45) is 4.38. The molecule has 32 heavy (non-hydrogen) atoms. The molecule has 0 spiro atoms. The van der Waals surface area contributed by atoms with Gasteiger partial charge in [0.25, 0.3) is 5.91 Å². The maximum Gasteiger partial charge on any atom is 0.257 e. The number of nitrogens with two attached hydrogens (primary N) is 1. The monoisotopic (exact) mass is 431 g/mol. The van der Waals surface area contributed by atoms with Gasteiger partial charge in [0.1, 0.15) is 11.6 Å². The molecule has 0 bridgehead atoms. The van der Waals surface area contributed by atoms with Crippen molar-refractivity contribution in [3.8, 4) is 28.0 Å². The van der Waals surface area contributed by atoms with Crippen LogP contribution >= 0.6 is 0 Å². The number of likely N-dealkylation sites (N-methyl/N-ethyl adjacent to an activating group) is 1. The average Bonchev–Trinajstić information content (AvgIpc) is 2.83. The highest BCUT2D eigenvalue weighted by Crippen LogP contribution is 2.36. The first kappa shape index (κ1) is 21.8. The molecule has 2 aromatic heterocycles. The van der Waals surface area contributed by atoms with Crippen molar-refractivity contribution in [1.29, 1.82) is 0 Å². The predicted octanol–water partition coefficient (Wildman–Crippen LogP) is 3.35. The first-order chi connectivity index (χ1) is 15.5. The molecule has 1 fully saturated rings. The highest BCUT2D eigenvalue weighted by molar-refractivity contribution is 5.98. The predicted molar refractivity (Wildman–Crippen MR) is 127 cm³/mol. The molecular weight excluding hydrogens is 402 g/mol. The fourth-order valence-corrected chi connectivity index (χ4v) is 4.10. The van der Waals surface area contributed by atoms with E-state index in [1.54, 1.807) is 19.4 Å². The smallest absolute Gasteiger partial charge is 0.257 e. The fraction of sp³-hybridized carbons (Fsp3) is 0.320. The molecular formula is C25H29N5O2. The molecule has 0 aliphatic carbocycles. The van der Waals surface area contributed by atoms with Crippen molar-refractivity contribution in [2.45, 2.75) is 13.3 Å². The standard InChI is InChI=1S/C25H29N5O2/c1-4-21-24(18-6-8-23(26)28-16-18)19(9-10-27-21)17-5-7-20(22(15-17)32-3)25(31)30-13-11-29(2)12-14-30/h5-10,15-16H,4,11-14H2,1-3H3,(H2,26,28). The van der Waals surface area contributed by atoms with E-state index in [2.05, 4.69) is 28.8 Å². The lowest BCUT2D eigenvalue weighted by molar-refractivity contribution is 0.0661. The molecule has 166 valence electrons. The summed E-state index contributed by atoms with van der Waals surface area (Å²) in [4.78, 5) is 26.1. The molecule has 0 atom stereocenters.